The Bertz CT molecular complexity index is 1540. The first-order chi connectivity index (χ1) is 18.4. The minimum Gasteiger partial charge on any atom is -0.206 e. The van der Waals surface area contributed by atoms with Crippen LogP contribution in [0.3, 0.4) is 0 Å². The topological polar surface area (TPSA) is 0 Å². The molecule has 0 radical (unpaired) electrons. The molecule has 0 aromatic heterocycles. The lowest BCUT2D eigenvalue weighted by atomic mass is 9.95. The zero-order chi connectivity index (χ0) is 28.5. The minimum absolute atomic E-state index is 0.203. The van der Waals surface area contributed by atoms with Gasteiger partial charge in [-0.05, 0) is 70.6 Å². The Balaban J connectivity index is 1.72. The molecule has 0 saturated carbocycles. The van der Waals surface area contributed by atoms with E-state index in [-0.39, 0.29) is 5.56 Å². The molecule has 0 bridgehead atoms. The van der Waals surface area contributed by atoms with Gasteiger partial charge < -0.3 is 0 Å². The first kappa shape index (κ1) is 27.8. The summed E-state index contributed by atoms with van der Waals surface area (Å²) in [6.07, 6.45) is -3.26. The molecule has 0 atom stereocenters. The van der Waals surface area contributed by atoms with Crippen molar-refractivity contribution in [1.82, 2.24) is 0 Å². The van der Waals surface area contributed by atoms with Crippen LogP contribution in [0.4, 0.5) is 39.5 Å². The van der Waals surface area contributed by atoms with Crippen LogP contribution in [0.5, 0.6) is 0 Å². The number of hydrogen-bond acceptors (Lipinski definition) is 0. The molecule has 0 aliphatic rings. The van der Waals surface area contributed by atoms with E-state index in [1.807, 2.05) is 19.1 Å². The van der Waals surface area contributed by atoms with Crippen molar-refractivity contribution in [3.63, 3.8) is 0 Å². The molecule has 0 spiro atoms. The van der Waals surface area contributed by atoms with Gasteiger partial charge in [0, 0.05) is 5.92 Å². The van der Waals surface area contributed by atoms with Crippen molar-refractivity contribution in [3.8, 4) is 45.2 Å². The molecule has 0 N–H and O–H groups in total. The second kappa shape index (κ2) is 10.9. The minimum atomic E-state index is -5.02. The fraction of sp³-hybridized carbons (Fsp3) is 0.133. The zero-order valence-electron chi connectivity index (χ0n) is 20.1. The lowest BCUT2D eigenvalue weighted by Gasteiger charge is -2.13. The summed E-state index contributed by atoms with van der Waals surface area (Å²) in [7, 11) is 0. The van der Waals surface area contributed by atoms with Gasteiger partial charge in [0.25, 0.3) is 0 Å². The van der Waals surface area contributed by atoms with E-state index in [9.17, 15) is 39.5 Å². The van der Waals surface area contributed by atoms with Crippen molar-refractivity contribution in [3.05, 3.63) is 107 Å². The summed E-state index contributed by atoms with van der Waals surface area (Å²) in [6.45, 7) is 2.01. The summed E-state index contributed by atoms with van der Waals surface area (Å²) < 4.78 is 125. The second-order valence-electron chi connectivity index (χ2n) is 8.64. The molecule has 39 heavy (non-hydrogen) atoms. The van der Waals surface area contributed by atoms with Gasteiger partial charge >= 0.3 is 6.18 Å². The second-order valence-corrected chi connectivity index (χ2v) is 8.64. The van der Waals surface area contributed by atoms with Crippen LogP contribution in [0.15, 0.2) is 60.7 Å². The number of hydrogen-bond donors (Lipinski definition) is 0. The van der Waals surface area contributed by atoms with Crippen LogP contribution in [0.1, 0.15) is 24.5 Å². The first-order valence-corrected chi connectivity index (χ1v) is 11.5. The average Bonchev–Trinajstić information content (AvgIpc) is 2.82. The summed E-state index contributed by atoms with van der Waals surface area (Å²) in [5, 5.41) is 0. The fourth-order valence-electron chi connectivity index (χ4n) is 4.13. The van der Waals surface area contributed by atoms with E-state index in [4.69, 9.17) is 0 Å². The maximum Gasteiger partial charge on any atom is 0.458 e. The molecular formula is C30H17F9. The molecule has 0 amide bonds. The van der Waals surface area contributed by atoms with Crippen molar-refractivity contribution in [1.29, 1.82) is 0 Å². The Morgan fingerprint density at radius 1 is 0.564 bits per heavy atom. The Morgan fingerprint density at radius 2 is 0.974 bits per heavy atom. The highest BCUT2D eigenvalue weighted by Crippen LogP contribution is 2.36. The van der Waals surface area contributed by atoms with Gasteiger partial charge in [-0.15, -0.1) is 0 Å². The molecule has 0 saturated heterocycles. The molecule has 0 fully saturated rings. The van der Waals surface area contributed by atoms with Gasteiger partial charge in [-0.3, -0.25) is 0 Å². The molecule has 200 valence electrons. The highest BCUT2D eigenvalue weighted by Gasteiger charge is 2.24. The molecule has 0 aliphatic carbocycles. The largest absolute Gasteiger partial charge is 0.458 e. The van der Waals surface area contributed by atoms with Crippen molar-refractivity contribution in [2.75, 3.05) is 0 Å². The van der Waals surface area contributed by atoms with E-state index in [0.717, 1.165) is 30.5 Å². The molecule has 0 nitrogen and oxygen atoms in total. The van der Waals surface area contributed by atoms with Crippen molar-refractivity contribution in [2.45, 2.75) is 25.9 Å². The SMILES string of the molecule is CCCc1ccc(-c2cc(F)c(-c3cc(F)c(-c4cc(F)c(C#CC(F)(F)F)c(F)c4)c(F)c3)c(F)c2)cc1. The van der Waals surface area contributed by atoms with Crippen LogP contribution in [0, 0.1) is 46.7 Å². The Morgan fingerprint density at radius 3 is 1.38 bits per heavy atom. The van der Waals surface area contributed by atoms with Gasteiger partial charge in [-0.2, -0.15) is 13.2 Å². The van der Waals surface area contributed by atoms with E-state index in [1.54, 1.807) is 12.1 Å². The van der Waals surface area contributed by atoms with Crippen molar-refractivity contribution in [2.24, 2.45) is 0 Å². The van der Waals surface area contributed by atoms with Crippen LogP contribution in [-0.2, 0) is 6.42 Å². The standard InChI is InChI=1S/C30H17F9/c1-2-3-16-4-6-17(7-5-16)18-10-24(33)29(25(34)11-18)20-14-26(35)28(27(36)15-20)19-12-22(31)21(23(32)13-19)8-9-30(37,38)39/h4-7,10-15H,2-3H2,1H3. The fourth-order valence-corrected chi connectivity index (χ4v) is 4.13. The highest BCUT2D eigenvalue weighted by molar-refractivity contribution is 5.75. The monoisotopic (exact) mass is 548 g/mol. The molecule has 0 unspecified atom stereocenters. The lowest BCUT2D eigenvalue weighted by molar-refractivity contribution is -0.0696. The van der Waals surface area contributed by atoms with Gasteiger partial charge in [-0.1, -0.05) is 43.5 Å². The molecule has 4 aromatic carbocycles. The summed E-state index contributed by atoms with van der Waals surface area (Å²) >= 11 is 0. The van der Waals surface area contributed by atoms with Crippen LogP contribution in [0.25, 0.3) is 33.4 Å². The van der Waals surface area contributed by atoms with Gasteiger partial charge in [0.05, 0.1) is 16.7 Å². The average molecular weight is 548 g/mol. The van der Waals surface area contributed by atoms with Crippen molar-refractivity contribution < 1.29 is 39.5 Å². The van der Waals surface area contributed by atoms with E-state index in [1.165, 1.54) is 5.92 Å². The molecule has 0 heterocycles. The van der Waals surface area contributed by atoms with Gasteiger partial charge in [0.15, 0.2) is 0 Å². The first-order valence-electron chi connectivity index (χ1n) is 11.5. The van der Waals surface area contributed by atoms with Crippen LogP contribution in [-0.4, -0.2) is 6.18 Å². The van der Waals surface area contributed by atoms with Crippen LogP contribution >= 0.6 is 0 Å². The predicted octanol–water partition coefficient (Wildman–Crippen LogP) is 9.39. The highest BCUT2D eigenvalue weighted by atomic mass is 19.4. The maximum atomic E-state index is 15.0. The smallest absolute Gasteiger partial charge is 0.206 e. The number of aryl methyl sites for hydroxylation is 1. The Hall–Kier alpha value is -4.19. The number of alkyl halides is 3. The molecule has 4 rings (SSSR count). The Kier molecular flexibility index (Phi) is 7.77. The third kappa shape index (κ3) is 6.11. The van der Waals surface area contributed by atoms with Crippen LogP contribution in [0.2, 0.25) is 0 Å². The van der Waals surface area contributed by atoms with E-state index >= 15 is 0 Å². The summed E-state index contributed by atoms with van der Waals surface area (Å²) in [5.41, 5.74) is -2.33. The maximum absolute atomic E-state index is 15.0. The third-order valence-electron chi connectivity index (χ3n) is 5.86. The molecule has 4 aromatic rings. The van der Waals surface area contributed by atoms with E-state index in [2.05, 4.69) is 0 Å². The molecule has 9 heteroatoms. The molecular weight excluding hydrogens is 531 g/mol. The lowest BCUT2D eigenvalue weighted by Crippen LogP contribution is -2.03. The Labute approximate surface area is 217 Å². The third-order valence-corrected chi connectivity index (χ3v) is 5.86. The number of rotatable bonds is 5. The summed E-state index contributed by atoms with van der Waals surface area (Å²) in [6, 6.07) is 11.1. The number of halogens is 9. The summed E-state index contributed by atoms with van der Waals surface area (Å²) in [4.78, 5) is 0. The van der Waals surface area contributed by atoms with Gasteiger partial charge in [0.2, 0.25) is 0 Å². The zero-order valence-corrected chi connectivity index (χ0v) is 20.1. The molecule has 0 aliphatic heterocycles. The van der Waals surface area contributed by atoms with Crippen molar-refractivity contribution >= 4 is 0 Å². The predicted molar refractivity (Wildman–Crippen MR) is 129 cm³/mol. The summed E-state index contributed by atoms with van der Waals surface area (Å²) in [5.74, 6) is -6.17. The number of benzene rings is 4. The van der Waals surface area contributed by atoms with E-state index < -0.39 is 68.9 Å². The van der Waals surface area contributed by atoms with E-state index in [0.29, 0.717) is 35.7 Å². The normalized spacial score (nSPS) is 11.3. The van der Waals surface area contributed by atoms with Gasteiger partial charge in [0.1, 0.15) is 34.9 Å². The van der Waals surface area contributed by atoms with Crippen LogP contribution < -0.4 is 0 Å². The quantitative estimate of drug-likeness (QED) is 0.172. The van der Waals surface area contributed by atoms with Gasteiger partial charge in [-0.25, -0.2) is 26.3 Å².